The average molecular weight is 389 g/mol. The molecule has 0 atom stereocenters. The average Bonchev–Trinajstić information content (AvgIpc) is 2.59. The molecule has 2 aromatic carbocycles. The van der Waals surface area contributed by atoms with Gasteiger partial charge in [0, 0.05) is 25.6 Å². The molecule has 2 amide bonds. The maximum atomic E-state index is 12.7. The van der Waals surface area contributed by atoms with Crippen molar-refractivity contribution in [3.63, 3.8) is 0 Å². The Kier molecular flexibility index (Phi) is 6.57. The first-order valence-corrected chi connectivity index (χ1v) is 9.91. The van der Waals surface area contributed by atoms with Crippen LogP contribution in [0.3, 0.4) is 0 Å². The molecule has 144 valence electrons. The van der Waals surface area contributed by atoms with Crippen molar-refractivity contribution < 1.29 is 18.0 Å². The molecule has 0 aromatic heterocycles. The number of benzene rings is 2. The zero-order valence-electron chi connectivity index (χ0n) is 15.5. The Morgan fingerprint density at radius 1 is 1.04 bits per heavy atom. The lowest BCUT2D eigenvalue weighted by molar-refractivity contribution is -0.119. The van der Waals surface area contributed by atoms with Crippen molar-refractivity contribution in [3.05, 3.63) is 53.6 Å². The number of sulfonamides is 1. The molecule has 0 bridgehead atoms. The molecule has 0 heterocycles. The molecular weight excluding hydrogens is 366 g/mol. The zero-order chi connectivity index (χ0) is 20.0. The molecule has 2 aromatic rings. The summed E-state index contributed by atoms with van der Waals surface area (Å²) in [7, 11) is -3.80. The van der Waals surface area contributed by atoms with Gasteiger partial charge in [0.15, 0.2) is 0 Å². The summed E-state index contributed by atoms with van der Waals surface area (Å²) in [6.45, 7) is 5.34. The highest BCUT2D eigenvalue weighted by molar-refractivity contribution is 7.92. The first-order valence-electron chi connectivity index (χ1n) is 8.42. The highest BCUT2D eigenvalue weighted by Crippen LogP contribution is 2.23. The van der Waals surface area contributed by atoms with Crippen molar-refractivity contribution in [2.45, 2.75) is 32.1 Å². The Labute approximate surface area is 159 Å². The second-order valence-corrected chi connectivity index (χ2v) is 7.84. The summed E-state index contributed by atoms with van der Waals surface area (Å²) in [6.07, 6.45) is 0.0945. The van der Waals surface area contributed by atoms with Crippen LogP contribution in [0.1, 0.15) is 24.5 Å². The van der Waals surface area contributed by atoms with Crippen LogP contribution in [0, 0.1) is 13.8 Å². The molecule has 7 nitrogen and oxygen atoms in total. The second-order valence-electron chi connectivity index (χ2n) is 6.16. The Morgan fingerprint density at radius 2 is 1.74 bits per heavy atom. The van der Waals surface area contributed by atoms with E-state index in [9.17, 15) is 18.0 Å². The number of rotatable bonds is 7. The highest BCUT2D eigenvalue weighted by atomic mass is 32.2. The molecule has 8 heteroatoms. The van der Waals surface area contributed by atoms with Gasteiger partial charge < -0.3 is 10.6 Å². The van der Waals surface area contributed by atoms with Crippen LogP contribution in [0.5, 0.6) is 0 Å². The Bertz CT molecular complexity index is 955. The molecule has 0 aliphatic heterocycles. The summed E-state index contributed by atoms with van der Waals surface area (Å²) in [5.41, 5.74) is 2.71. The number of hydrogen-bond acceptors (Lipinski definition) is 4. The van der Waals surface area contributed by atoms with Crippen LogP contribution in [0.15, 0.2) is 47.4 Å². The third-order valence-corrected chi connectivity index (χ3v) is 5.37. The number of anilines is 2. The third kappa shape index (κ3) is 5.82. The normalized spacial score (nSPS) is 10.9. The second kappa shape index (κ2) is 8.68. The van der Waals surface area contributed by atoms with Crippen LogP contribution in [0.25, 0.3) is 0 Å². The van der Waals surface area contributed by atoms with Crippen LogP contribution < -0.4 is 15.4 Å². The summed E-state index contributed by atoms with van der Waals surface area (Å²) in [6, 6.07) is 11.4. The lowest BCUT2D eigenvalue weighted by Gasteiger charge is -2.13. The predicted molar refractivity (Wildman–Crippen MR) is 105 cm³/mol. The fourth-order valence-corrected chi connectivity index (χ4v) is 3.55. The first kappa shape index (κ1) is 20.4. The predicted octanol–water partition coefficient (Wildman–Crippen LogP) is 2.57. The quantitative estimate of drug-likeness (QED) is 0.677. The van der Waals surface area contributed by atoms with Crippen LogP contribution in [0.4, 0.5) is 11.4 Å². The lowest BCUT2D eigenvalue weighted by atomic mass is 10.1. The fourth-order valence-electron chi connectivity index (χ4n) is 2.38. The standard InChI is InChI=1S/C19H23N3O4S/c1-13-6-4-9-18(14(13)2)22-27(25,26)17-8-5-7-16(12-17)21-19(24)10-11-20-15(3)23/h4-9,12,22H,10-11H2,1-3H3,(H,20,23)(H,21,24). The Morgan fingerprint density at radius 3 is 2.44 bits per heavy atom. The van der Waals surface area contributed by atoms with Gasteiger partial charge in [-0.1, -0.05) is 18.2 Å². The van der Waals surface area contributed by atoms with Gasteiger partial charge in [-0.15, -0.1) is 0 Å². The van der Waals surface area contributed by atoms with Crippen molar-refractivity contribution in [2.75, 3.05) is 16.6 Å². The maximum absolute atomic E-state index is 12.7. The number of carbonyl (C=O) groups is 2. The third-order valence-electron chi connectivity index (χ3n) is 4.00. The van der Waals surface area contributed by atoms with Crippen LogP contribution in [-0.2, 0) is 19.6 Å². The number of nitrogens with one attached hydrogen (secondary N) is 3. The van der Waals surface area contributed by atoms with Gasteiger partial charge in [-0.2, -0.15) is 0 Å². The minimum Gasteiger partial charge on any atom is -0.356 e. The number of carbonyl (C=O) groups excluding carboxylic acids is 2. The van der Waals surface area contributed by atoms with Gasteiger partial charge in [0.2, 0.25) is 11.8 Å². The molecule has 0 spiro atoms. The van der Waals surface area contributed by atoms with Gasteiger partial charge in [-0.25, -0.2) is 8.42 Å². The van der Waals surface area contributed by atoms with Crippen molar-refractivity contribution in [3.8, 4) is 0 Å². The molecule has 0 saturated heterocycles. The van der Waals surface area contributed by atoms with E-state index in [1.54, 1.807) is 24.3 Å². The van der Waals surface area contributed by atoms with Crippen LogP contribution >= 0.6 is 0 Å². The highest BCUT2D eigenvalue weighted by Gasteiger charge is 2.16. The van der Waals surface area contributed by atoms with Crippen molar-refractivity contribution in [1.29, 1.82) is 0 Å². The topological polar surface area (TPSA) is 104 Å². The maximum Gasteiger partial charge on any atom is 0.261 e. The summed E-state index contributed by atoms with van der Waals surface area (Å²) >= 11 is 0. The van der Waals surface area contributed by atoms with Gasteiger partial charge in [0.05, 0.1) is 10.6 Å². The molecule has 3 N–H and O–H groups in total. The van der Waals surface area contributed by atoms with E-state index in [0.717, 1.165) is 11.1 Å². The summed E-state index contributed by atoms with van der Waals surface area (Å²) < 4.78 is 27.9. The Hall–Kier alpha value is -2.87. The smallest absolute Gasteiger partial charge is 0.261 e. The minimum absolute atomic E-state index is 0.0445. The SMILES string of the molecule is CC(=O)NCCC(=O)Nc1cccc(S(=O)(=O)Nc2cccc(C)c2C)c1. The molecule has 0 radical (unpaired) electrons. The summed E-state index contributed by atoms with van der Waals surface area (Å²) in [5.74, 6) is -0.533. The first-order chi connectivity index (χ1) is 12.7. The van der Waals surface area contributed by atoms with Crippen molar-refractivity contribution in [2.24, 2.45) is 0 Å². The molecule has 27 heavy (non-hydrogen) atoms. The number of aryl methyl sites for hydroxylation is 1. The largest absolute Gasteiger partial charge is 0.356 e. The number of hydrogen-bond donors (Lipinski definition) is 3. The van der Waals surface area contributed by atoms with E-state index < -0.39 is 10.0 Å². The van der Waals surface area contributed by atoms with E-state index >= 15 is 0 Å². The van der Waals surface area contributed by atoms with E-state index in [1.165, 1.54) is 19.1 Å². The molecular formula is C19H23N3O4S. The monoisotopic (exact) mass is 389 g/mol. The fraction of sp³-hybridized carbons (Fsp3) is 0.263. The summed E-state index contributed by atoms with van der Waals surface area (Å²) in [5, 5.41) is 5.16. The van der Waals surface area contributed by atoms with Gasteiger partial charge >= 0.3 is 0 Å². The van der Waals surface area contributed by atoms with E-state index in [1.807, 2.05) is 19.9 Å². The zero-order valence-corrected chi connectivity index (χ0v) is 16.3. The molecule has 0 fully saturated rings. The van der Waals surface area contributed by atoms with Crippen LogP contribution in [-0.4, -0.2) is 26.8 Å². The van der Waals surface area contributed by atoms with E-state index in [2.05, 4.69) is 15.4 Å². The Balaban J connectivity index is 2.12. The van der Waals surface area contributed by atoms with Gasteiger partial charge in [0.1, 0.15) is 0 Å². The van der Waals surface area contributed by atoms with E-state index in [-0.39, 0.29) is 29.7 Å². The van der Waals surface area contributed by atoms with Gasteiger partial charge in [-0.05, 0) is 49.2 Å². The van der Waals surface area contributed by atoms with Gasteiger partial charge in [0.25, 0.3) is 10.0 Å². The molecule has 0 saturated carbocycles. The number of amides is 2. The molecule has 0 aliphatic carbocycles. The van der Waals surface area contributed by atoms with E-state index in [4.69, 9.17) is 0 Å². The van der Waals surface area contributed by atoms with Crippen LogP contribution in [0.2, 0.25) is 0 Å². The minimum atomic E-state index is -3.80. The molecule has 0 aliphatic rings. The molecule has 2 rings (SSSR count). The molecule has 0 unspecified atom stereocenters. The van der Waals surface area contributed by atoms with E-state index in [0.29, 0.717) is 11.4 Å². The van der Waals surface area contributed by atoms with Crippen molar-refractivity contribution >= 4 is 33.2 Å². The van der Waals surface area contributed by atoms with Crippen molar-refractivity contribution in [1.82, 2.24) is 5.32 Å². The summed E-state index contributed by atoms with van der Waals surface area (Å²) in [4.78, 5) is 22.8. The van der Waals surface area contributed by atoms with Gasteiger partial charge in [-0.3, -0.25) is 14.3 Å². The lowest BCUT2D eigenvalue weighted by Crippen LogP contribution is -2.25.